The van der Waals surface area contributed by atoms with Gasteiger partial charge in [0.25, 0.3) is 0 Å². The molecule has 0 saturated carbocycles. The van der Waals surface area contributed by atoms with Crippen LogP contribution in [-0.4, -0.2) is 68.4 Å². The van der Waals surface area contributed by atoms with Crippen molar-refractivity contribution in [3.8, 4) is 0 Å². The smallest absolute Gasteiger partial charge is 0.222 e. The van der Waals surface area contributed by atoms with E-state index in [1.165, 1.54) is 0 Å². The summed E-state index contributed by atoms with van der Waals surface area (Å²) in [4.78, 5) is 14.2. The van der Waals surface area contributed by atoms with Crippen LogP contribution in [0.1, 0.15) is 27.2 Å². The van der Waals surface area contributed by atoms with E-state index >= 15 is 0 Å². The SMILES string of the molecule is COC1CN(C(CN)CC(=O)NC(C)(C)C)CC1OC. The van der Waals surface area contributed by atoms with E-state index in [2.05, 4.69) is 10.2 Å². The van der Waals surface area contributed by atoms with Gasteiger partial charge in [0, 0.05) is 51.9 Å². The zero-order valence-corrected chi connectivity index (χ0v) is 13.3. The molecular weight excluding hydrogens is 258 g/mol. The van der Waals surface area contributed by atoms with Gasteiger partial charge in [0.05, 0.1) is 12.2 Å². The molecule has 1 rings (SSSR count). The van der Waals surface area contributed by atoms with Crippen LogP contribution in [0.3, 0.4) is 0 Å². The fraction of sp³-hybridized carbons (Fsp3) is 0.929. The Morgan fingerprint density at radius 2 is 1.80 bits per heavy atom. The van der Waals surface area contributed by atoms with Crippen molar-refractivity contribution in [1.82, 2.24) is 10.2 Å². The van der Waals surface area contributed by atoms with Crippen LogP contribution in [0.4, 0.5) is 0 Å². The molecule has 1 heterocycles. The fourth-order valence-corrected chi connectivity index (χ4v) is 2.57. The van der Waals surface area contributed by atoms with E-state index in [9.17, 15) is 4.79 Å². The van der Waals surface area contributed by atoms with Gasteiger partial charge in [0.2, 0.25) is 5.91 Å². The van der Waals surface area contributed by atoms with Crippen molar-refractivity contribution in [2.45, 2.75) is 51.0 Å². The molecule has 3 atom stereocenters. The summed E-state index contributed by atoms with van der Waals surface area (Å²) < 4.78 is 10.8. The fourth-order valence-electron chi connectivity index (χ4n) is 2.57. The van der Waals surface area contributed by atoms with E-state index in [-0.39, 0.29) is 29.7 Å². The average molecular weight is 287 g/mol. The Hall–Kier alpha value is -0.690. The number of nitrogens with two attached hydrogens (primary N) is 1. The number of nitrogens with one attached hydrogen (secondary N) is 1. The molecule has 1 aliphatic heterocycles. The molecule has 1 saturated heterocycles. The van der Waals surface area contributed by atoms with Gasteiger partial charge in [0.1, 0.15) is 0 Å². The highest BCUT2D eigenvalue weighted by Gasteiger charge is 2.36. The molecule has 0 bridgehead atoms. The second kappa shape index (κ2) is 7.36. The van der Waals surface area contributed by atoms with Crippen molar-refractivity contribution in [2.24, 2.45) is 5.73 Å². The van der Waals surface area contributed by atoms with Gasteiger partial charge in [-0.2, -0.15) is 0 Å². The Labute approximate surface area is 122 Å². The number of ether oxygens (including phenoxy) is 2. The lowest BCUT2D eigenvalue weighted by molar-refractivity contribution is -0.123. The molecule has 6 heteroatoms. The summed E-state index contributed by atoms with van der Waals surface area (Å²) in [6.45, 7) is 7.87. The maximum absolute atomic E-state index is 12.0. The summed E-state index contributed by atoms with van der Waals surface area (Å²) in [5.74, 6) is 0.0304. The van der Waals surface area contributed by atoms with Crippen LogP contribution in [0.15, 0.2) is 0 Å². The summed E-state index contributed by atoms with van der Waals surface area (Å²) in [7, 11) is 3.37. The Balaban J connectivity index is 2.57. The molecule has 1 fully saturated rings. The van der Waals surface area contributed by atoms with Crippen LogP contribution in [0.5, 0.6) is 0 Å². The van der Waals surface area contributed by atoms with Gasteiger partial charge in [-0.1, -0.05) is 0 Å². The summed E-state index contributed by atoms with van der Waals surface area (Å²) in [6.07, 6.45) is 0.486. The minimum Gasteiger partial charge on any atom is -0.377 e. The molecule has 0 radical (unpaired) electrons. The lowest BCUT2D eigenvalue weighted by Gasteiger charge is -2.28. The lowest BCUT2D eigenvalue weighted by Crippen LogP contribution is -2.47. The number of amides is 1. The first kappa shape index (κ1) is 17.4. The minimum absolute atomic E-state index is 0.0233. The highest BCUT2D eigenvalue weighted by molar-refractivity contribution is 5.77. The zero-order chi connectivity index (χ0) is 15.3. The van der Waals surface area contributed by atoms with E-state index in [1.54, 1.807) is 14.2 Å². The normalized spacial score (nSPS) is 25.7. The Bertz CT molecular complexity index is 305. The Kier molecular flexibility index (Phi) is 6.39. The van der Waals surface area contributed by atoms with Gasteiger partial charge >= 0.3 is 0 Å². The molecule has 6 nitrogen and oxygen atoms in total. The van der Waals surface area contributed by atoms with Crippen LogP contribution < -0.4 is 11.1 Å². The highest BCUT2D eigenvalue weighted by Crippen LogP contribution is 2.19. The highest BCUT2D eigenvalue weighted by atomic mass is 16.5. The third-order valence-corrected chi connectivity index (χ3v) is 3.57. The lowest BCUT2D eigenvalue weighted by atomic mass is 10.1. The van der Waals surface area contributed by atoms with Gasteiger partial charge in [-0.25, -0.2) is 0 Å². The number of methoxy groups -OCH3 is 2. The molecule has 1 aliphatic rings. The summed E-state index contributed by atoms with van der Waals surface area (Å²) in [6, 6.07) is 0.0233. The quantitative estimate of drug-likeness (QED) is 0.717. The van der Waals surface area contributed by atoms with Gasteiger partial charge < -0.3 is 20.5 Å². The number of nitrogens with zero attached hydrogens (tertiary/aromatic N) is 1. The summed E-state index contributed by atoms with van der Waals surface area (Å²) >= 11 is 0. The van der Waals surface area contributed by atoms with Gasteiger partial charge in [-0.15, -0.1) is 0 Å². The van der Waals surface area contributed by atoms with Crippen molar-refractivity contribution in [1.29, 1.82) is 0 Å². The van der Waals surface area contributed by atoms with Crippen LogP contribution in [0, 0.1) is 0 Å². The molecule has 3 unspecified atom stereocenters. The van der Waals surface area contributed by atoms with E-state index in [0.717, 1.165) is 13.1 Å². The van der Waals surface area contributed by atoms with Crippen molar-refractivity contribution in [3.05, 3.63) is 0 Å². The Morgan fingerprint density at radius 1 is 1.30 bits per heavy atom. The van der Waals surface area contributed by atoms with Gasteiger partial charge in [0.15, 0.2) is 0 Å². The maximum Gasteiger partial charge on any atom is 0.222 e. The summed E-state index contributed by atoms with van der Waals surface area (Å²) in [5.41, 5.74) is 5.62. The zero-order valence-electron chi connectivity index (χ0n) is 13.3. The largest absolute Gasteiger partial charge is 0.377 e. The topological polar surface area (TPSA) is 76.8 Å². The Morgan fingerprint density at radius 3 is 2.15 bits per heavy atom. The number of carbonyl (C=O) groups is 1. The number of carbonyl (C=O) groups excluding carboxylic acids is 1. The number of rotatable bonds is 6. The van der Waals surface area contributed by atoms with Gasteiger partial charge in [-0.05, 0) is 20.8 Å². The van der Waals surface area contributed by atoms with E-state index < -0.39 is 0 Å². The van der Waals surface area contributed by atoms with Crippen molar-refractivity contribution < 1.29 is 14.3 Å². The van der Waals surface area contributed by atoms with E-state index in [4.69, 9.17) is 15.2 Å². The number of hydrogen-bond acceptors (Lipinski definition) is 5. The molecular formula is C14H29N3O3. The molecule has 0 aromatic carbocycles. The first-order valence-electron chi connectivity index (χ1n) is 7.11. The third kappa shape index (κ3) is 5.01. The molecule has 3 N–H and O–H groups in total. The van der Waals surface area contributed by atoms with Crippen molar-refractivity contribution >= 4 is 5.91 Å². The summed E-state index contributed by atoms with van der Waals surface area (Å²) in [5, 5.41) is 2.97. The minimum atomic E-state index is -0.217. The molecule has 0 aromatic rings. The van der Waals surface area contributed by atoms with E-state index in [1.807, 2.05) is 20.8 Å². The average Bonchev–Trinajstić information content (AvgIpc) is 2.76. The maximum atomic E-state index is 12.0. The third-order valence-electron chi connectivity index (χ3n) is 3.57. The van der Waals surface area contributed by atoms with Crippen molar-refractivity contribution in [3.63, 3.8) is 0 Å². The predicted octanol–water partition coefficient (Wildman–Crippen LogP) is -0.0359. The molecule has 0 aromatic heterocycles. The molecule has 0 aliphatic carbocycles. The predicted molar refractivity (Wildman–Crippen MR) is 78.5 cm³/mol. The number of hydrogen-bond donors (Lipinski definition) is 2. The molecule has 20 heavy (non-hydrogen) atoms. The van der Waals surface area contributed by atoms with Crippen LogP contribution in [0.25, 0.3) is 0 Å². The number of likely N-dealkylation sites (tertiary alicyclic amines) is 1. The molecule has 1 amide bonds. The molecule has 118 valence electrons. The van der Waals surface area contributed by atoms with Crippen molar-refractivity contribution in [2.75, 3.05) is 33.9 Å². The second-order valence-corrected chi connectivity index (χ2v) is 6.39. The van der Waals surface area contributed by atoms with Crippen LogP contribution >= 0.6 is 0 Å². The first-order chi connectivity index (χ1) is 9.30. The van der Waals surface area contributed by atoms with Crippen LogP contribution in [-0.2, 0) is 14.3 Å². The standard InChI is InChI=1S/C14H29N3O3/c1-14(2,3)16-13(18)6-10(7-15)17-8-11(19-4)12(9-17)20-5/h10-12H,6-9,15H2,1-5H3,(H,16,18). The van der Waals surface area contributed by atoms with Gasteiger partial charge in [-0.3, -0.25) is 9.69 Å². The first-order valence-corrected chi connectivity index (χ1v) is 7.11. The monoisotopic (exact) mass is 287 g/mol. The van der Waals surface area contributed by atoms with Crippen LogP contribution in [0.2, 0.25) is 0 Å². The molecule has 0 spiro atoms. The van der Waals surface area contributed by atoms with E-state index in [0.29, 0.717) is 13.0 Å². The second-order valence-electron chi connectivity index (χ2n) is 6.39.